The molecule has 0 fully saturated rings. The van der Waals surface area contributed by atoms with Crippen LogP contribution in [0, 0.1) is 10.1 Å². The highest BCUT2D eigenvalue weighted by atomic mass is 16.6. The van der Waals surface area contributed by atoms with Gasteiger partial charge in [0.15, 0.2) is 0 Å². The number of primary amides is 1. The van der Waals surface area contributed by atoms with Gasteiger partial charge in [0.1, 0.15) is 5.69 Å². The third-order valence-electron chi connectivity index (χ3n) is 2.61. The van der Waals surface area contributed by atoms with E-state index in [4.69, 9.17) is 15.9 Å². The maximum atomic E-state index is 11.0. The van der Waals surface area contributed by atoms with E-state index in [-0.39, 0.29) is 16.9 Å². The number of amides is 1. The van der Waals surface area contributed by atoms with Crippen molar-refractivity contribution in [2.45, 2.75) is 12.5 Å². The summed E-state index contributed by atoms with van der Waals surface area (Å²) in [5.41, 5.74) is 3.67. The van der Waals surface area contributed by atoms with Crippen molar-refractivity contribution >= 4 is 17.3 Å². The zero-order valence-corrected chi connectivity index (χ0v) is 10.3. The molecule has 0 saturated heterocycles. The van der Waals surface area contributed by atoms with Gasteiger partial charge in [-0.15, -0.1) is 0 Å². The average Bonchev–Trinajstić information content (AvgIpc) is 2.38. The van der Waals surface area contributed by atoms with Crippen LogP contribution in [-0.4, -0.2) is 39.8 Å². The SMILES string of the molecule is CC(CO)(CO)Nc1ccc(C(N)=O)cc1[N+](=O)[O-]. The van der Waals surface area contributed by atoms with Crippen molar-refractivity contribution in [3.05, 3.63) is 33.9 Å². The van der Waals surface area contributed by atoms with Crippen LogP contribution in [0.1, 0.15) is 17.3 Å². The van der Waals surface area contributed by atoms with Crippen LogP contribution in [-0.2, 0) is 0 Å². The number of nitrogens with one attached hydrogen (secondary N) is 1. The second-order valence-corrected chi connectivity index (χ2v) is 4.36. The fraction of sp³-hybridized carbons (Fsp3) is 0.364. The van der Waals surface area contributed by atoms with E-state index in [9.17, 15) is 14.9 Å². The monoisotopic (exact) mass is 269 g/mol. The minimum absolute atomic E-state index is 0.00644. The summed E-state index contributed by atoms with van der Waals surface area (Å²) in [4.78, 5) is 21.3. The molecule has 8 heteroatoms. The summed E-state index contributed by atoms with van der Waals surface area (Å²) in [6.45, 7) is 0.662. The molecular formula is C11H15N3O5. The molecule has 1 rings (SSSR count). The van der Waals surface area contributed by atoms with Crippen molar-refractivity contribution in [3.8, 4) is 0 Å². The van der Waals surface area contributed by atoms with Gasteiger partial charge in [-0.1, -0.05) is 0 Å². The molecule has 0 spiro atoms. The zero-order chi connectivity index (χ0) is 14.6. The molecule has 1 aromatic carbocycles. The lowest BCUT2D eigenvalue weighted by Crippen LogP contribution is -2.42. The number of carbonyl (C=O) groups is 1. The Bertz CT molecular complexity index is 499. The topological polar surface area (TPSA) is 139 Å². The first-order chi connectivity index (χ1) is 8.83. The molecule has 1 amide bonds. The molecule has 19 heavy (non-hydrogen) atoms. The van der Waals surface area contributed by atoms with Crippen LogP contribution in [0.25, 0.3) is 0 Å². The predicted octanol–water partition coefficient (Wildman–Crippen LogP) is -0.151. The first-order valence-electron chi connectivity index (χ1n) is 5.41. The molecule has 0 radical (unpaired) electrons. The maximum absolute atomic E-state index is 11.0. The second kappa shape index (κ2) is 5.63. The fourth-order valence-corrected chi connectivity index (χ4v) is 1.40. The van der Waals surface area contributed by atoms with E-state index in [1.165, 1.54) is 19.1 Å². The van der Waals surface area contributed by atoms with Crippen molar-refractivity contribution in [1.29, 1.82) is 0 Å². The lowest BCUT2D eigenvalue weighted by molar-refractivity contribution is -0.384. The van der Waals surface area contributed by atoms with Crippen LogP contribution in [0.3, 0.4) is 0 Å². The fourth-order valence-electron chi connectivity index (χ4n) is 1.40. The second-order valence-electron chi connectivity index (χ2n) is 4.36. The lowest BCUT2D eigenvalue weighted by Gasteiger charge is -2.27. The van der Waals surface area contributed by atoms with Crippen LogP contribution in [0.4, 0.5) is 11.4 Å². The van der Waals surface area contributed by atoms with Crippen LogP contribution >= 0.6 is 0 Å². The summed E-state index contributed by atoms with van der Waals surface area (Å²) in [6, 6.07) is 3.68. The number of hydrogen-bond acceptors (Lipinski definition) is 6. The van der Waals surface area contributed by atoms with Crippen molar-refractivity contribution < 1.29 is 19.9 Å². The number of nitro benzene ring substituents is 1. The Morgan fingerprint density at radius 3 is 2.47 bits per heavy atom. The molecule has 1 aromatic rings. The third kappa shape index (κ3) is 3.39. The van der Waals surface area contributed by atoms with Crippen LogP contribution in [0.2, 0.25) is 0 Å². The number of anilines is 1. The van der Waals surface area contributed by atoms with Crippen LogP contribution in [0.5, 0.6) is 0 Å². The van der Waals surface area contributed by atoms with E-state index in [1.807, 2.05) is 0 Å². The highest BCUT2D eigenvalue weighted by Crippen LogP contribution is 2.28. The molecule has 0 aliphatic carbocycles. The van der Waals surface area contributed by atoms with Gasteiger partial charge in [0.2, 0.25) is 5.91 Å². The van der Waals surface area contributed by atoms with Crippen molar-refractivity contribution in [1.82, 2.24) is 0 Å². The highest BCUT2D eigenvalue weighted by Gasteiger charge is 2.26. The molecule has 0 aliphatic heterocycles. The Morgan fingerprint density at radius 2 is 2.05 bits per heavy atom. The van der Waals surface area contributed by atoms with Crippen LogP contribution in [0.15, 0.2) is 18.2 Å². The van der Waals surface area contributed by atoms with Gasteiger partial charge >= 0.3 is 0 Å². The predicted molar refractivity (Wildman–Crippen MR) is 67.8 cm³/mol. The smallest absolute Gasteiger partial charge is 0.293 e. The molecule has 0 atom stereocenters. The van der Waals surface area contributed by atoms with Gasteiger partial charge in [0.25, 0.3) is 5.69 Å². The Morgan fingerprint density at radius 1 is 1.47 bits per heavy atom. The summed E-state index contributed by atoms with van der Waals surface area (Å²) < 4.78 is 0. The normalized spacial score (nSPS) is 11.1. The highest BCUT2D eigenvalue weighted by molar-refractivity contribution is 5.94. The van der Waals surface area contributed by atoms with Crippen LogP contribution < -0.4 is 11.1 Å². The van der Waals surface area contributed by atoms with E-state index >= 15 is 0 Å². The number of nitrogens with zero attached hydrogens (tertiary/aromatic N) is 1. The number of rotatable bonds is 6. The van der Waals surface area contributed by atoms with Gasteiger partial charge in [0, 0.05) is 11.6 Å². The molecule has 0 unspecified atom stereocenters. The van der Waals surface area contributed by atoms with E-state index in [1.54, 1.807) is 0 Å². The standard InChI is InChI=1S/C11H15N3O5/c1-11(5-15,6-16)13-8-3-2-7(10(12)17)4-9(8)14(18)19/h2-4,13,15-16H,5-6H2,1H3,(H2,12,17). The quantitative estimate of drug-likeness (QED) is 0.418. The van der Waals surface area contributed by atoms with Gasteiger partial charge in [-0.3, -0.25) is 14.9 Å². The van der Waals surface area contributed by atoms with Crippen molar-refractivity contribution in [2.75, 3.05) is 18.5 Å². The number of aliphatic hydroxyl groups excluding tert-OH is 2. The Balaban J connectivity index is 3.21. The third-order valence-corrected chi connectivity index (χ3v) is 2.61. The molecule has 104 valence electrons. The van der Waals surface area contributed by atoms with E-state index < -0.39 is 29.6 Å². The molecule has 0 saturated carbocycles. The first kappa shape index (κ1) is 14.9. The summed E-state index contributed by atoms with van der Waals surface area (Å²) >= 11 is 0. The van der Waals surface area contributed by atoms with Crippen molar-refractivity contribution in [2.24, 2.45) is 5.73 Å². The van der Waals surface area contributed by atoms with E-state index in [0.29, 0.717) is 0 Å². The lowest BCUT2D eigenvalue weighted by atomic mass is 10.0. The number of nitrogens with two attached hydrogens (primary N) is 1. The number of nitro groups is 1. The summed E-state index contributed by atoms with van der Waals surface area (Å²) in [5, 5.41) is 31.9. The number of hydrogen-bond donors (Lipinski definition) is 4. The molecular weight excluding hydrogens is 254 g/mol. The number of carbonyl (C=O) groups excluding carboxylic acids is 1. The number of aliphatic hydroxyl groups is 2. The maximum Gasteiger partial charge on any atom is 0.293 e. The summed E-state index contributed by atoms with van der Waals surface area (Å²) in [5.74, 6) is -0.776. The molecule has 0 heterocycles. The van der Waals surface area contributed by atoms with Gasteiger partial charge in [-0.05, 0) is 19.1 Å². The number of benzene rings is 1. The van der Waals surface area contributed by atoms with Gasteiger partial charge in [-0.2, -0.15) is 0 Å². The Kier molecular flexibility index (Phi) is 4.41. The van der Waals surface area contributed by atoms with Crippen molar-refractivity contribution in [3.63, 3.8) is 0 Å². The Hall–Kier alpha value is -2.19. The minimum Gasteiger partial charge on any atom is -0.394 e. The van der Waals surface area contributed by atoms with Gasteiger partial charge < -0.3 is 21.3 Å². The largest absolute Gasteiger partial charge is 0.394 e. The van der Waals surface area contributed by atoms with Gasteiger partial charge in [0.05, 0.1) is 23.7 Å². The molecule has 8 nitrogen and oxygen atoms in total. The average molecular weight is 269 g/mol. The molecule has 0 aromatic heterocycles. The minimum atomic E-state index is -1.11. The van der Waals surface area contributed by atoms with Gasteiger partial charge in [-0.25, -0.2) is 0 Å². The molecule has 0 bridgehead atoms. The van der Waals surface area contributed by atoms with E-state index in [2.05, 4.69) is 5.32 Å². The summed E-state index contributed by atoms with van der Waals surface area (Å²) in [7, 11) is 0. The first-order valence-corrected chi connectivity index (χ1v) is 5.41. The zero-order valence-electron chi connectivity index (χ0n) is 10.3. The summed E-state index contributed by atoms with van der Waals surface area (Å²) in [6.07, 6.45) is 0. The molecule has 5 N–H and O–H groups in total. The Labute approximate surface area is 109 Å². The van der Waals surface area contributed by atoms with E-state index in [0.717, 1.165) is 6.07 Å². The molecule has 0 aliphatic rings.